The van der Waals surface area contributed by atoms with E-state index in [0.717, 1.165) is 6.54 Å². The van der Waals surface area contributed by atoms with Gasteiger partial charge in [-0.2, -0.15) is 4.98 Å². The van der Waals surface area contributed by atoms with E-state index >= 15 is 0 Å². The topological polar surface area (TPSA) is 87.9 Å². The van der Waals surface area contributed by atoms with Gasteiger partial charge in [-0.25, -0.2) is 0 Å². The summed E-state index contributed by atoms with van der Waals surface area (Å²) in [6.45, 7) is 3.39. The normalized spacial score (nSPS) is 19.8. The summed E-state index contributed by atoms with van der Waals surface area (Å²) in [5, 5.41) is 7.39. The number of rotatable bonds is 5. The second-order valence-electron chi connectivity index (χ2n) is 5.38. The van der Waals surface area contributed by atoms with Crippen molar-refractivity contribution in [3.05, 3.63) is 18.0 Å². The van der Waals surface area contributed by atoms with Gasteiger partial charge in [-0.15, -0.1) is 12.4 Å². The second-order valence-corrected chi connectivity index (χ2v) is 5.38. The molecule has 0 bridgehead atoms. The van der Waals surface area contributed by atoms with Crippen LogP contribution in [0, 0.1) is 0 Å². The molecule has 0 unspecified atom stereocenters. The molecule has 1 aromatic carbocycles. The van der Waals surface area contributed by atoms with Crippen LogP contribution in [0.25, 0.3) is 11.4 Å². The summed E-state index contributed by atoms with van der Waals surface area (Å²) in [6, 6.07) is 3.44. The molecule has 1 aliphatic heterocycles. The third-order valence-electron chi connectivity index (χ3n) is 3.95. The maximum atomic E-state index is 5.62. The molecule has 8 nitrogen and oxygen atoms in total. The first kappa shape index (κ1) is 19.3. The molecular weight excluding hydrogens is 350 g/mol. The minimum Gasteiger partial charge on any atom is -0.493 e. The van der Waals surface area contributed by atoms with Crippen molar-refractivity contribution in [2.24, 2.45) is 0 Å². The highest BCUT2D eigenvalue weighted by atomic mass is 35.5. The molecule has 1 aromatic heterocycles. The van der Waals surface area contributed by atoms with E-state index in [-0.39, 0.29) is 24.6 Å². The number of halogens is 1. The summed E-state index contributed by atoms with van der Waals surface area (Å²) in [5.74, 6) is 2.52. The van der Waals surface area contributed by atoms with E-state index in [1.807, 2.05) is 6.92 Å². The lowest BCUT2D eigenvalue weighted by Gasteiger charge is -2.27. The number of benzene rings is 1. The molecule has 1 aliphatic rings. The van der Waals surface area contributed by atoms with Gasteiger partial charge >= 0.3 is 0 Å². The van der Waals surface area contributed by atoms with Gasteiger partial charge in [-0.1, -0.05) is 5.16 Å². The fourth-order valence-electron chi connectivity index (χ4n) is 2.70. The number of aromatic nitrogens is 2. The van der Waals surface area contributed by atoms with E-state index < -0.39 is 0 Å². The van der Waals surface area contributed by atoms with Crippen molar-refractivity contribution in [1.29, 1.82) is 0 Å². The van der Waals surface area contributed by atoms with Crippen molar-refractivity contribution >= 4 is 12.4 Å². The van der Waals surface area contributed by atoms with Crippen molar-refractivity contribution in [1.82, 2.24) is 15.5 Å². The van der Waals surface area contributed by atoms with E-state index in [4.69, 9.17) is 23.5 Å². The summed E-state index contributed by atoms with van der Waals surface area (Å²) in [6.07, 6.45) is -0.0352. The van der Waals surface area contributed by atoms with E-state index in [0.29, 0.717) is 41.1 Å². The summed E-state index contributed by atoms with van der Waals surface area (Å²) < 4.78 is 27.1. The Kier molecular flexibility index (Phi) is 6.46. The minimum absolute atomic E-state index is 0. The predicted molar refractivity (Wildman–Crippen MR) is 92.8 cm³/mol. The quantitative estimate of drug-likeness (QED) is 0.856. The van der Waals surface area contributed by atoms with E-state index in [1.165, 1.54) is 0 Å². The first-order chi connectivity index (χ1) is 11.7. The van der Waals surface area contributed by atoms with E-state index in [1.54, 1.807) is 33.5 Å². The minimum atomic E-state index is -0.123. The molecule has 1 fully saturated rings. The van der Waals surface area contributed by atoms with Gasteiger partial charge in [-0.3, -0.25) is 0 Å². The van der Waals surface area contributed by atoms with Gasteiger partial charge < -0.3 is 28.8 Å². The second kappa shape index (κ2) is 8.37. The van der Waals surface area contributed by atoms with Crippen molar-refractivity contribution in [3.63, 3.8) is 0 Å². The van der Waals surface area contributed by atoms with Crippen LogP contribution in [0.2, 0.25) is 0 Å². The Morgan fingerprint density at radius 3 is 2.36 bits per heavy atom. The molecule has 2 heterocycles. The van der Waals surface area contributed by atoms with E-state index in [2.05, 4.69) is 15.5 Å². The SMILES string of the molecule is COc1cc(-c2noc([C@H]3NCCO[C@@H]3C)n2)cc(OC)c1OC.Cl. The van der Waals surface area contributed by atoms with Crippen LogP contribution < -0.4 is 19.5 Å². The molecule has 0 radical (unpaired) electrons. The number of hydrogen-bond acceptors (Lipinski definition) is 8. The zero-order valence-corrected chi connectivity index (χ0v) is 15.4. The van der Waals surface area contributed by atoms with Crippen LogP contribution >= 0.6 is 12.4 Å². The van der Waals surface area contributed by atoms with Crippen LogP contribution in [-0.4, -0.2) is 50.7 Å². The zero-order valence-electron chi connectivity index (χ0n) is 14.6. The molecular formula is C16H22ClN3O5. The third-order valence-corrected chi connectivity index (χ3v) is 3.95. The monoisotopic (exact) mass is 371 g/mol. The van der Waals surface area contributed by atoms with Crippen LogP contribution in [0.1, 0.15) is 18.9 Å². The van der Waals surface area contributed by atoms with E-state index in [9.17, 15) is 0 Å². The van der Waals surface area contributed by atoms with Crippen molar-refractivity contribution < 1.29 is 23.5 Å². The summed E-state index contributed by atoms with van der Waals surface area (Å²) in [7, 11) is 4.68. The maximum Gasteiger partial charge on any atom is 0.246 e. The van der Waals surface area contributed by atoms with Gasteiger partial charge in [0.25, 0.3) is 0 Å². The fourth-order valence-corrected chi connectivity index (χ4v) is 2.70. The molecule has 1 saturated heterocycles. The first-order valence-corrected chi connectivity index (χ1v) is 7.67. The number of morpholine rings is 1. The van der Waals surface area contributed by atoms with Crippen molar-refractivity contribution in [3.8, 4) is 28.6 Å². The smallest absolute Gasteiger partial charge is 0.246 e. The Bertz CT molecular complexity index is 684. The highest BCUT2D eigenvalue weighted by molar-refractivity contribution is 5.85. The van der Waals surface area contributed by atoms with Gasteiger partial charge in [0.15, 0.2) is 11.5 Å². The largest absolute Gasteiger partial charge is 0.493 e. The number of methoxy groups -OCH3 is 3. The lowest BCUT2D eigenvalue weighted by atomic mass is 10.1. The molecule has 9 heteroatoms. The molecule has 138 valence electrons. The third kappa shape index (κ3) is 3.81. The van der Waals surface area contributed by atoms with Crippen LogP contribution in [-0.2, 0) is 4.74 Å². The molecule has 0 aliphatic carbocycles. The molecule has 2 atom stereocenters. The highest BCUT2D eigenvalue weighted by Gasteiger charge is 2.29. The summed E-state index contributed by atoms with van der Waals surface area (Å²) in [5.41, 5.74) is 0.712. The fraction of sp³-hybridized carbons (Fsp3) is 0.500. The molecule has 2 aromatic rings. The average Bonchev–Trinajstić information content (AvgIpc) is 3.10. The van der Waals surface area contributed by atoms with Gasteiger partial charge in [-0.05, 0) is 19.1 Å². The van der Waals surface area contributed by atoms with Gasteiger partial charge in [0, 0.05) is 12.1 Å². The number of ether oxygens (including phenoxy) is 4. The number of nitrogens with zero attached hydrogens (tertiary/aromatic N) is 2. The molecule has 1 N–H and O–H groups in total. The Balaban J connectivity index is 0.00000225. The summed E-state index contributed by atoms with van der Waals surface area (Å²) >= 11 is 0. The van der Waals surface area contributed by atoms with Crippen molar-refractivity contribution in [2.45, 2.75) is 19.1 Å². The Labute approximate surface area is 152 Å². The highest BCUT2D eigenvalue weighted by Crippen LogP contribution is 2.40. The van der Waals surface area contributed by atoms with Gasteiger partial charge in [0.2, 0.25) is 17.5 Å². The molecule has 0 amide bonds. The van der Waals surface area contributed by atoms with Gasteiger partial charge in [0.05, 0.1) is 34.0 Å². The Morgan fingerprint density at radius 2 is 1.80 bits per heavy atom. The standard InChI is InChI=1S/C16H21N3O5.ClH/c1-9-13(17-5-6-23-9)16-18-15(19-24-16)10-7-11(20-2)14(22-4)12(8-10)21-3;/h7-9,13,17H,5-6H2,1-4H3;1H/t9-,13+;/m1./s1. The predicted octanol–water partition coefficient (Wildman–Crippen LogP) is 2.23. The Morgan fingerprint density at radius 1 is 1.12 bits per heavy atom. The lowest BCUT2D eigenvalue weighted by molar-refractivity contribution is -0.00136. The number of hydrogen-bond donors (Lipinski definition) is 1. The molecule has 0 saturated carbocycles. The first-order valence-electron chi connectivity index (χ1n) is 7.67. The van der Waals surface area contributed by atoms with Crippen LogP contribution in [0.3, 0.4) is 0 Å². The van der Waals surface area contributed by atoms with Crippen LogP contribution in [0.5, 0.6) is 17.2 Å². The van der Waals surface area contributed by atoms with Crippen molar-refractivity contribution in [2.75, 3.05) is 34.5 Å². The number of nitrogens with one attached hydrogen (secondary N) is 1. The summed E-state index contributed by atoms with van der Waals surface area (Å²) in [4.78, 5) is 4.49. The maximum absolute atomic E-state index is 5.62. The average molecular weight is 372 g/mol. The molecule has 25 heavy (non-hydrogen) atoms. The lowest BCUT2D eigenvalue weighted by Crippen LogP contribution is -2.40. The Hall–Kier alpha value is -2.03. The molecule has 3 rings (SSSR count). The van der Waals surface area contributed by atoms with Crippen LogP contribution in [0.15, 0.2) is 16.7 Å². The van der Waals surface area contributed by atoms with Crippen LogP contribution in [0.4, 0.5) is 0 Å². The van der Waals surface area contributed by atoms with Gasteiger partial charge in [0.1, 0.15) is 6.04 Å². The zero-order chi connectivity index (χ0) is 17.1. The molecule has 0 spiro atoms.